The zero-order valence-corrected chi connectivity index (χ0v) is 19.1. The van der Waals surface area contributed by atoms with Gasteiger partial charge in [-0.1, -0.05) is 56.1 Å². The lowest BCUT2D eigenvalue weighted by molar-refractivity contribution is 0.515. The molecular weight excluding hydrogens is 492 g/mol. The van der Waals surface area contributed by atoms with Gasteiger partial charge in [0.2, 0.25) is 0 Å². The lowest BCUT2D eigenvalue weighted by Crippen LogP contribution is -1.97. The van der Waals surface area contributed by atoms with Crippen LogP contribution in [0, 0.1) is 13.8 Å². The molecule has 3 aromatic carbocycles. The Kier molecular flexibility index (Phi) is 5.52. The van der Waals surface area contributed by atoms with Crippen molar-refractivity contribution in [3.05, 3.63) is 92.0 Å². The minimum absolute atomic E-state index is 0.147. The van der Waals surface area contributed by atoms with Gasteiger partial charge in [0.25, 0.3) is 0 Å². The second kappa shape index (κ2) is 8.09. The first kappa shape index (κ1) is 19.8. The number of benzene rings is 3. The third kappa shape index (κ3) is 4.26. The van der Waals surface area contributed by atoms with E-state index in [1.165, 1.54) is 5.56 Å². The van der Waals surface area contributed by atoms with E-state index >= 15 is 0 Å². The molecule has 0 saturated carbocycles. The Morgan fingerprint density at radius 3 is 1.90 bits per heavy atom. The minimum Gasteiger partial charge on any atom is -0.507 e. The Morgan fingerprint density at radius 1 is 0.793 bits per heavy atom. The monoisotopic (exact) mass is 508 g/mol. The van der Waals surface area contributed by atoms with E-state index in [9.17, 15) is 5.11 Å². The lowest BCUT2D eigenvalue weighted by atomic mass is 10.1. The van der Waals surface area contributed by atoms with Crippen LogP contribution in [0.3, 0.4) is 0 Å². The maximum atomic E-state index is 10.7. The largest absolute Gasteiger partial charge is 0.507 e. The summed E-state index contributed by atoms with van der Waals surface area (Å²) in [5.41, 5.74) is 7.01. The van der Waals surface area contributed by atoms with Gasteiger partial charge in [-0.2, -0.15) is 0 Å². The van der Waals surface area contributed by atoms with Crippen LogP contribution in [0.2, 0.25) is 0 Å². The number of hydrogen-bond donors (Lipinski definition) is 1. The van der Waals surface area contributed by atoms with Crippen molar-refractivity contribution in [2.45, 2.75) is 13.8 Å². The Morgan fingerprint density at radius 2 is 1.31 bits per heavy atom. The molecule has 1 aromatic heterocycles. The van der Waals surface area contributed by atoms with Gasteiger partial charge in [0.1, 0.15) is 5.76 Å². The van der Waals surface area contributed by atoms with Crippen LogP contribution in [0.5, 0.6) is 0 Å². The number of aromatic nitrogens is 2. The molecule has 0 saturated heterocycles. The number of rotatable bonds is 3. The van der Waals surface area contributed by atoms with E-state index in [-0.39, 0.29) is 5.76 Å². The maximum absolute atomic E-state index is 10.7. The predicted octanol–water partition coefficient (Wildman–Crippen LogP) is 7.49. The van der Waals surface area contributed by atoms with Gasteiger partial charge in [-0.25, -0.2) is 9.97 Å². The summed E-state index contributed by atoms with van der Waals surface area (Å²) in [6.07, 6.45) is 1.68. The van der Waals surface area contributed by atoms with Crippen LogP contribution in [0.25, 0.3) is 34.1 Å². The molecule has 3 nitrogen and oxygen atoms in total. The summed E-state index contributed by atoms with van der Waals surface area (Å²) >= 11 is 6.90. The number of aliphatic hydroxyl groups excluding tert-OH is 1. The van der Waals surface area contributed by atoms with Gasteiger partial charge in [-0.15, -0.1) is 0 Å². The van der Waals surface area contributed by atoms with Crippen molar-refractivity contribution in [3.63, 3.8) is 0 Å². The van der Waals surface area contributed by atoms with Crippen LogP contribution in [0.15, 0.2) is 69.6 Å². The van der Waals surface area contributed by atoms with Crippen LogP contribution in [0.1, 0.15) is 22.4 Å². The van der Waals surface area contributed by atoms with Crippen LogP contribution >= 0.6 is 31.9 Å². The molecular formula is C24H18Br2N2O. The van der Waals surface area contributed by atoms with Gasteiger partial charge in [-0.3, -0.25) is 0 Å². The average Bonchev–Trinajstić information content (AvgIpc) is 2.70. The van der Waals surface area contributed by atoms with Crippen LogP contribution in [-0.4, -0.2) is 15.1 Å². The van der Waals surface area contributed by atoms with Crippen LogP contribution in [0.4, 0.5) is 0 Å². The second-order valence-electron chi connectivity index (χ2n) is 6.93. The summed E-state index contributed by atoms with van der Waals surface area (Å²) in [7, 11) is 0. The predicted molar refractivity (Wildman–Crippen MR) is 127 cm³/mol. The molecule has 144 valence electrons. The van der Waals surface area contributed by atoms with Crippen molar-refractivity contribution < 1.29 is 5.11 Å². The first-order chi connectivity index (χ1) is 13.9. The normalized spacial score (nSPS) is 11.8. The molecule has 0 radical (unpaired) electrons. The standard InChI is InChI=1S/C24H18Br2N2O/c1-14-11-20-21(12-15(14)2)28-24(17-5-9-19(26)10-6-17)22(27-20)13-23(29)16-3-7-18(25)8-4-16/h3-13,29H,1-2H3/b23-13-. The van der Waals surface area contributed by atoms with Crippen molar-refractivity contribution in [2.24, 2.45) is 0 Å². The van der Waals surface area contributed by atoms with E-state index in [1.54, 1.807) is 6.08 Å². The maximum Gasteiger partial charge on any atom is 0.125 e. The molecule has 5 heteroatoms. The van der Waals surface area contributed by atoms with E-state index in [4.69, 9.17) is 9.97 Å². The first-order valence-corrected chi connectivity index (χ1v) is 10.7. The van der Waals surface area contributed by atoms with Crippen LogP contribution in [-0.2, 0) is 0 Å². The van der Waals surface area contributed by atoms with Gasteiger partial charge in [0, 0.05) is 26.1 Å². The van der Waals surface area contributed by atoms with E-state index in [0.717, 1.165) is 42.4 Å². The summed E-state index contributed by atoms with van der Waals surface area (Å²) in [6.45, 7) is 4.14. The number of nitrogens with zero attached hydrogens (tertiary/aromatic N) is 2. The molecule has 0 atom stereocenters. The zero-order valence-electron chi connectivity index (χ0n) is 15.9. The summed E-state index contributed by atoms with van der Waals surface area (Å²) < 4.78 is 1.96. The summed E-state index contributed by atoms with van der Waals surface area (Å²) in [5.74, 6) is 0.147. The molecule has 1 N–H and O–H groups in total. The quantitative estimate of drug-likeness (QED) is 0.291. The highest BCUT2D eigenvalue weighted by atomic mass is 79.9. The van der Waals surface area contributed by atoms with Crippen molar-refractivity contribution in [2.75, 3.05) is 0 Å². The Bertz CT molecular complexity index is 1230. The Labute approximate surface area is 186 Å². The van der Waals surface area contributed by atoms with Gasteiger partial charge in [0.15, 0.2) is 0 Å². The van der Waals surface area contributed by atoms with Crippen molar-refractivity contribution in [3.8, 4) is 11.3 Å². The summed E-state index contributed by atoms with van der Waals surface area (Å²) in [4.78, 5) is 9.74. The fraction of sp³-hybridized carbons (Fsp3) is 0.0833. The third-order valence-electron chi connectivity index (χ3n) is 4.84. The molecule has 0 bridgehead atoms. The fourth-order valence-corrected chi connectivity index (χ4v) is 3.61. The van der Waals surface area contributed by atoms with Gasteiger partial charge >= 0.3 is 0 Å². The number of halogens is 2. The molecule has 0 unspecified atom stereocenters. The Balaban J connectivity index is 1.93. The molecule has 29 heavy (non-hydrogen) atoms. The molecule has 0 aliphatic carbocycles. The molecule has 0 fully saturated rings. The molecule has 1 heterocycles. The van der Waals surface area contributed by atoms with Crippen molar-refractivity contribution in [1.29, 1.82) is 0 Å². The highest BCUT2D eigenvalue weighted by molar-refractivity contribution is 9.10. The molecule has 0 aliphatic heterocycles. The molecule has 0 spiro atoms. The highest BCUT2D eigenvalue weighted by Crippen LogP contribution is 2.29. The van der Waals surface area contributed by atoms with Crippen LogP contribution < -0.4 is 0 Å². The van der Waals surface area contributed by atoms with E-state index in [0.29, 0.717) is 5.69 Å². The van der Waals surface area contributed by atoms with Gasteiger partial charge in [0.05, 0.1) is 22.4 Å². The number of aliphatic hydroxyl groups is 1. The smallest absolute Gasteiger partial charge is 0.125 e. The van der Waals surface area contributed by atoms with Crippen molar-refractivity contribution >= 4 is 54.7 Å². The summed E-state index contributed by atoms with van der Waals surface area (Å²) in [5, 5.41) is 10.7. The molecule has 0 aliphatic rings. The third-order valence-corrected chi connectivity index (χ3v) is 5.90. The highest BCUT2D eigenvalue weighted by Gasteiger charge is 2.12. The number of hydrogen-bond acceptors (Lipinski definition) is 3. The molecule has 0 amide bonds. The molecule has 4 rings (SSSR count). The minimum atomic E-state index is 0.147. The van der Waals surface area contributed by atoms with Gasteiger partial charge < -0.3 is 5.11 Å². The van der Waals surface area contributed by atoms with E-state index in [1.807, 2.05) is 54.6 Å². The zero-order chi connectivity index (χ0) is 20.5. The van der Waals surface area contributed by atoms with E-state index in [2.05, 4.69) is 51.8 Å². The molecule has 4 aromatic rings. The first-order valence-electron chi connectivity index (χ1n) is 9.12. The fourth-order valence-electron chi connectivity index (χ4n) is 3.08. The lowest BCUT2D eigenvalue weighted by Gasteiger charge is -2.10. The SMILES string of the molecule is Cc1cc2nc(/C=C(\O)c3ccc(Br)cc3)c(-c3ccc(Br)cc3)nc2cc1C. The summed E-state index contributed by atoms with van der Waals surface area (Å²) in [6, 6.07) is 19.5. The van der Waals surface area contributed by atoms with E-state index < -0.39 is 0 Å². The number of aryl methyl sites for hydroxylation is 2. The number of fused-ring (bicyclic) bond motifs is 1. The topological polar surface area (TPSA) is 46.0 Å². The van der Waals surface area contributed by atoms with Gasteiger partial charge in [-0.05, 0) is 61.4 Å². The van der Waals surface area contributed by atoms with Crippen molar-refractivity contribution in [1.82, 2.24) is 9.97 Å². The Hall–Kier alpha value is -2.50. The second-order valence-corrected chi connectivity index (χ2v) is 8.76. The average molecular weight is 510 g/mol.